The minimum Gasteiger partial charge on any atom is -0.481 e. The van der Waals surface area contributed by atoms with E-state index in [0.29, 0.717) is 0 Å². The Morgan fingerprint density at radius 1 is 1.08 bits per heavy atom. The minimum absolute atomic E-state index is 0.0510. The lowest BCUT2D eigenvalue weighted by Crippen LogP contribution is -2.33. The topological polar surface area (TPSA) is 57.5 Å². The van der Waals surface area contributed by atoms with Crippen molar-refractivity contribution in [3.05, 3.63) is 59.0 Å². The van der Waals surface area contributed by atoms with E-state index in [4.69, 9.17) is 5.11 Å². The molecule has 4 rings (SSSR count). The van der Waals surface area contributed by atoms with Gasteiger partial charge in [-0.15, -0.1) is 11.3 Å². The van der Waals surface area contributed by atoms with Crippen LogP contribution in [0, 0.1) is 0 Å². The first-order valence-electron chi connectivity index (χ1n) is 8.10. The molecule has 0 bridgehead atoms. The van der Waals surface area contributed by atoms with Gasteiger partial charge in [0.15, 0.2) is 0 Å². The van der Waals surface area contributed by atoms with Crippen LogP contribution in [-0.4, -0.2) is 16.2 Å². The van der Waals surface area contributed by atoms with Gasteiger partial charge in [0.05, 0.1) is 12.0 Å². The maximum absolute atomic E-state index is 11.0. The zero-order valence-electron chi connectivity index (χ0n) is 13.2. The Morgan fingerprint density at radius 2 is 1.79 bits per heavy atom. The first kappa shape index (κ1) is 15.4. The Kier molecular flexibility index (Phi) is 3.66. The molecule has 0 spiro atoms. The summed E-state index contributed by atoms with van der Waals surface area (Å²) in [5.41, 5.74) is 3.37. The molecule has 1 aliphatic rings. The summed E-state index contributed by atoms with van der Waals surface area (Å²) in [6.45, 7) is 0. The van der Waals surface area contributed by atoms with Gasteiger partial charge in [0.1, 0.15) is 0 Å². The first-order valence-corrected chi connectivity index (χ1v) is 8.98. The highest BCUT2D eigenvalue weighted by Crippen LogP contribution is 2.41. The van der Waals surface area contributed by atoms with Gasteiger partial charge >= 0.3 is 5.97 Å². The number of hydrogen-bond acceptors (Lipinski definition) is 3. The molecule has 1 aliphatic carbocycles. The second-order valence-corrected chi connectivity index (χ2v) is 7.42. The number of carboxylic acids is 1. The Balaban J connectivity index is 1.69. The molecule has 3 aromatic rings. The number of aliphatic carboxylic acids is 1. The highest BCUT2D eigenvalue weighted by Gasteiger charge is 2.35. The zero-order valence-corrected chi connectivity index (χ0v) is 14.0. The average Bonchev–Trinajstić information content (AvgIpc) is 2.94. The molecule has 24 heavy (non-hydrogen) atoms. The molecule has 1 aromatic heterocycles. The van der Waals surface area contributed by atoms with Crippen LogP contribution in [0.1, 0.15) is 30.4 Å². The molecule has 4 heteroatoms. The molecule has 0 aliphatic heterocycles. The number of carboxylic acid groups (broad SMARTS) is 1. The number of fused-ring (bicyclic) bond motifs is 1. The van der Waals surface area contributed by atoms with Crippen LogP contribution in [0.4, 0.5) is 0 Å². The van der Waals surface area contributed by atoms with E-state index < -0.39 is 11.6 Å². The molecule has 1 saturated carbocycles. The van der Waals surface area contributed by atoms with Crippen molar-refractivity contribution < 1.29 is 15.0 Å². The molecule has 0 radical (unpaired) electrons. The quantitative estimate of drug-likeness (QED) is 0.733. The standard InChI is InChI=1S/C20H18O3S/c21-19(22)11-15-12-24-18-7-4-14(10-17(15)18)13-2-5-16(6-3-13)20(23)8-1-9-20/h2-7,10,12,23H,1,8-9,11H2,(H,21,22). The number of benzene rings is 2. The van der Waals surface area contributed by atoms with Gasteiger partial charge in [-0.2, -0.15) is 0 Å². The van der Waals surface area contributed by atoms with E-state index in [1.54, 1.807) is 11.3 Å². The molecule has 0 amide bonds. The normalized spacial score (nSPS) is 16.0. The fourth-order valence-electron chi connectivity index (χ4n) is 3.33. The first-order chi connectivity index (χ1) is 11.5. The van der Waals surface area contributed by atoms with Gasteiger partial charge < -0.3 is 10.2 Å². The molecular weight excluding hydrogens is 320 g/mol. The molecule has 2 N–H and O–H groups in total. The van der Waals surface area contributed by atoms with Crippen molar-refractivity contribution in [2.24, 2.45) is 0 Å². The summed E-state index contributed by atoms with van der Waals surface area (Å²) in [6.07, 6.45) is 2.81. The predicted octanol–water partition coefficient (Wildman–Crippen LogP) is 4.57. The summed E-state index contributed by atoms with van der Waals surface area (Å²) in [5.74, 6) is -0.807. The largest absolute Gasteiger partial charge is 0.481 e. The van der Waals surface area contributed by atoms with Crippen molar-refractivity contribution in [2.75, 3.05) is 0 Å². The maximum Gasteiger partial charge on any atom is 0.307 e. The fourth-order valence-corrected chi connectivity index (χ4v) is 4.28. The maximum atomic E-state index is 11.0. The predicted molar refractivity (Wildman–Crippen MR) is 96.3 cm³/mol. The van der Waals surface area contributed by atoms with E-state index in [0.717, 1.165) is 51.6 Å². The zero-order chi connectivity index (χ0) is 16.7. The van der Waals surface area contributed by atoms with Crippen molar-refractivity contribution in [1.82, 2.24) is 0 Å². The third kappa shape index (κ3) is 2.62. The third-order valence-corrected chi connectivity index (χ3v) is 5.94. The highest BCUT2D eigenvalue weighted by molar-refractivity contribution is 7.17. The number of rotatable bonds is 4. The SMILES string of the molecule is O=C(O)Cc1csc2ccc(-c3ccc(C4(O)CCC4)cc3)cc12. The summed E-state index contributed by atoms with van der Waals surface area (Å²) in [4.78, 5) is 11.0. The Labute approximate surface area is 144 Å². The van der Waals surface area contributed by atoms with Gasteiger partial charge in [0.2, 0.25) is 0 Å². The van der Waals surface area contributed by atoms with E-state index in [1.165, 1.54) is 0 Å². The van der Waals surface area contributed by atoms with Crippen LogP contribution in [0.15, 0.2) is 47.8 Å². The van der Waals surface area contributed by atoms with Gasteiger partial charge in [-0.25, -0.2) is 0 Å². The monoisotopic (exact) mass is 338 g/mol. The van der Waals surface area contributed by atoms with E-state index in [2.05, 4.69) is 12.1 Å². The summed E-state index contributed by atoms with van der Waals surface area (Å²) in [5, 5.41) is 22.4. The van der Waals surface area contributed by atoms with Crippen LogP contribution >= 0.6 is 11.3 Å². The molecule has 122 valence electrons. The molecular formula is C20H18O3S. The number of carbonyl (C=O) groups is 1. The van der Waals surface area contributed by atoms with Gasteiger partial charge in [0, 0.05) is 4.70 Å². The van der Waals surface area contributed by atoms with Crippen molar-refractivity contribution in [3.8, 4) is 11.1 Å². The Morgan fingerprint density at radius 3 is 2.42 bits per heavy atom. The molecule has 0 saturated heterocycles. The average molecular weight is 338 g/mol. The second-order valence-electron chi connectivity index (χ2n) is 6.50. The van der Waals surface area contributed by atoms with E-state index in [-0.39, 0.29) is 6.42 Å². The summed E-state index contributed by atoms with van der Waals surface area (Å²) in [6, 6.07) is 14.3. The summed E-state index contributed by atoms with van der Waals surface area (Å²) >= 11 is 1.58. The van der Waals surface area contributed by atoms with E-state index in [9.17, 15) is 9.90 Å². The third-order valence-electron chi connectivity index (χ3n) is 4.93. The Hall–Kier alpha value is -2.17. The number of thiophene rings is 1. The number of aliphatic hydroxyl groups is 1. The van der Waals surface area contributed by atoms with E-state index in [1.807, 2.05) is 35.7 Å². The Bertz CT molecular complexity index is 904. The van der Waals surface area contributed by atoms with E-state index >= 15 is 0 Å². The molecule has 1 heterocycles. The van der Waals surface area contributed by atoms with Crippen LogP contribution in [-0.2, 0) is 16.8 Å². The fraction of sp³-hybridized carbons (Fsp3) is 0.250. The van der Waals surface area contributed by atoms with Crippen LogP contribution in [0.2, 0.25) is 0 Å². The van der Waals surface area contributed by atoms with Crippen LogP contribution < -0.4 is 0 Å². The lowest BCUT2D eigenvalue weighted by molar-refractivity contribution is -0.136. The molecule has 3 nitrogen and oxygen atoms in total. The second kappa shape index (κ2) is 5.72. The smallest absolute Gasteiger partial charge is 0.307 e. The summed E-state index contributed by atoms with van der Waals surface area (Å²) < 4.78 is 1.11. The van der Waals surface area contributed by atoms with Crippen molar-refractivity contribution in [2.45, 2.75) is 31.3 Å². The lowest BCUT2D eigenvalue weighted by Gasteiger charge is -2.37. The van der Waals surface area contributed by atoms with Crippen molar-refractivity contribution in [3.63, 3.8) is 0 Å². The van der Waals surface area contributed by atoms with Crippen LogP contribution in [0.25, 0.3) is 21.2 Å². The van der Waals surface area contributed by atoms with Crippen LogP contribution in [0.3, 0.4) is 0 Å². The van der Waals surface area contributed by atoms with Gasteiger partial charge in [-0.1, -0.05) is 30.3 Å². The summed E-state index contributed by atoms with van der Waals surface area (Å²) in [7, 11) is 0. The van der Waals surface area contributed by atoms with Gasteiger partial charge in [-0.05, 0) is 64.4 Å². The minimum atomic E-state index is -0.807. The molecule has 1 fully saturated rings. The number of hydrogen-bond donors (Lipinski definition) is 2. The van der Waals surface area contributed by atoms with Crippen LogP contribution in [0.5, 0.6) is 0 Å². The lowest BCUT2D eigenvalue weighted by atomic mass is 9.75. The molecule has 0 unspecified atom stereocenters. The highest BCUT2D eigenvalue weighted by atomic mass is 32.1. The van der Waals surface area contributed by atoms with Crippen molar-refractivity contribution >= 4 is 27.4 Å². The molecule has 0 atom stereocenters. The van der Waals surface area contributed by atoms with Gasteiger partial charge in [0.25, 0.3) is 0 Å². The van der Waals surface area contributed by atoms with Gasteiger partial charge in [-0.3, -0.25) is 4.79 Å². The molecule has 2 aromatic carbocycles. The van der Waals surface area contributed by atoms with Crippen molar-refractivity contribution in [1.29, 1.82) is 0 Å².